The van der Waals surface area contributed by atoms with Crippen LogP contribution in [-0.4, -0.2) is 36.1 Å². The second-order valence-corrected chi connectivity index (χ2v) is 6.40. The quantitative estimate of drug-likeness (QED) is 0.725. The monoisotopic (exact) mass is 344 g/mol. The lowest BCUT2D eigenvalue weighted by Gasteiger charge is -2.34. The minimum absolute atomic E-state index is 0.361. The second kappa shape index (κ2) is 7.42. The molecular weight excluding hydrogens is 324 g/mol. The molecule has 4 rings (SSSR count). The third-order valence-electron chi connectivity index (χ3n) is 4.64. The average molecular weight is 344 g/mol. The van der Waals surface area contributed by atoms with Crippen molar-refractivity contribution in [1.29, 1.82) is 5.26 Å². The first-order chi connectivity index (χ1) is 12.8. The summed E-state index contributed by atoms with van der Waals surface area (Å²) in [5.41, 5.74) is 2.57. The van der Waals surface area contributed by atoms with Gasteiger partial charge in [0.2, 0.25) is 17.5 Å². The largest absolute Gasteiger partial charge is 0.419 e. The number of benzene rings is 2. The van der Waals surface area contributed by atoms with Gasteiger partial charge in [-0.2, -0.15) is 10.2 Å². The zero-order chi connectivity index (χ0) is 17.8. The van der Waals surface area contributed by atoms with Gasteiger partial charge in [0.1, 0.15) is 6.07 Å². The average Bonchev–Trinajstić information content (AvgIpc) is 3.15. The first kappa shape index (κ1) is 16.4. The summed E-state index contributed by atoms with van der Waals surface area (Å²) in [5, 5.41) is 9.45. The molecule has 3 aromatic rings. The van der Waals surface area contributed by atoms with Crippen LogP contribution in [-0.2, 0) is 6.54 Å². The van der Waals surface area contributed by atoms with E-state index in [1.165, 1.54) is 5.56 Å². The first-order valence-corrected chi connectivity index (χ1v) is 8.81. The summed E-state index contributed by atoms with van der Waals surface area (Å²) in [7, 11) is 0. The smallest absolute Gasteiger partial charge is 0.235 e. The third-order valence-corrected chi connectivity index (χ3v) is 4.64. The molecule has 2 aromatic carbocycles. The number of hydrogen-bond donors (Lipinski definition) is 0. The molecule has 130 valence electrons. The minimum Gasteiger partial charge on any atom is -0.419 e. The van der Waals surface area contributed by atoms with Crippen molar-refractivity contribution >= 4 is 5.88 Å². The van der Waals surface area contributed by atoms with E-state index in [0.29, 0.717) is 17.5 Å². The number of nitrogens with zero attached hydrogens (tertiary/aromatic N) is 4. The molecule has 0 unspecified atom stereocenters. The van der Waals surface area contributed by atoms with Gasteiger partial charge < -0.3 is 9.32 Å². The van der Waals surface area contributed by atoms with Crippen LogP contribution in [0.5, 0.6) is 0 Å². The normalized spacial score (nSPS) is 15.0. The molecule has 0 N–H and O–H groups in total. The Balaban J connectivity index is 1.46. The molecule has 0 bridgehead atoms. The molecule has 0 aliphatic carbocycles. The van der Waals surface area contributed by atoms with Gasteiger partial charge in [-0.05, 0) is 17.7 Å². The molecule has 26 heavy (non-hydrogen) atoms. The van der Waals surface area contributed by atoms with Crippen molar-refractivity contribution < 1.29 is 4.42 Å². The molecule has 0 spiro atoms. The van der Waals surface area contributed by atoms with Crippen molar-refractivity contribution in [2.24, 2.45) is 0 Å². The van der Waals surface area contributed by atoms with Crippen LogP contribution >= 0.6 is 0 Å². The lowest BCUT2D eigenvalue weighted by atomic mass is 10.2. The van der Waals surface area contributed by atoms with Crippen LogP contribution < -0.4 is 4.90 Å². The van der Waals surface area contributed by atoms with E-state index in [9.17, 15) is 5.26 Å². The maximum atomic E-state index is 9.45. The SMILES string of the molecule is N#Cc1nc(-c2ccccc2)oc1N1CCN(Cc2ccccc2)CC1. The van der Waals surface area contributed by atoms with Crippen LogP contribution in [0.4, 0.5) is 5.88 Å². The van der Waals surface area contributed by atoms with Crippen molar-refractivity contribution in [3.63, 3.8) is 0 Å². The summed E-state index contributed by atoms with van der Waals surface area (Å²) in [6.07, 6.45) is 0. The minimum atomic E-state index is 0.361. The summed E-state index contributed by atoms with van der Waals surface area (Å²) in [5.74, 6) is 1.09. The Labute approximate surface area is 153 Å². The Kier molecular flexibility index (Phi) is 4.67. The Morgan fingerprint density at radius 2 is 1.58 bits per heavy atom. The van der Waals surface area contributed by atoms with Crippen LogP contribution in [0.15, 0.2) is 65.1 Å². The summed E-state index contributed by atoms with van der Waals surface area (Å²) in [6.45, 7) is 4.46. The predicted octanol–water partition coefficient (Wildman–Crippen LogP) is 3.54. The fourth-order valence-electron chi connectivity index (χ4n) is 3.25. The van der Waals surface area contributed by atoms with Gasteiger partial charge in [0.05, 0.1) is 0 Å². The van der Waals surface area contributed by atoms with Crippen LogP contribution in [0.3, 0.4) is 0 Å². The van der Waals surface area contributed by atoms with Crippen LogP contribution in [0, 0.1) is 11.3 Å². The third kappa shape index (κ3) is 3.46. The van der Waals surface area contributed by atoms with Gasteiger partial charge in [0.25, 0.3) is 0 Å². The molecule has 0 saturated carbocycles. The van der Waals surface area contributed by atoms with E-state index in [-0.39, 0.29) is 0 Å². The van der Waals surface area contributed by atoms with Crippen molar-refractivity contribution in [1.82, 2.24) is 9.88 Å². The van der Waals surface area contributed by atoms with E-state index in [1.807, 2.05) is 36.4 Å². The molecule has 1 saturated heterocycles. The van der Waals surface area contributed by atoms with Gasteiger partial charge in [-0.3, -0.25) is 4.90 Å². The van der Waals surface area contributed by atoms with Crippen molar-refractivity contribution in [2.45, 2.75) is 6.54 Å². The fraction of sp³-hybridized carbons (Fsp3) is 0.238. The van der Waals surface area contributed by atoms with E-state index in [4.69, 9.17) is 4.42 Å². The number of anilines is 1. The molecular formula is C21H20N4O. The molecule has 1 aromatic heterocycles. The van der Waals surface area contributed by atoms with Crippen LogP contribution in [0.1, 0.15) is 11.3 Å². The highest BCUT2D eigenvalue weighted by Gasteiger charge is 2.24. The highest BCUT2D eigenvalue weighted by molar-refractivity contribution is 5.59. The standard InChI is InChI=1S/C21H20N4O/c22-15-19-21(26-20(23-19)18-9-5-2-6-10-18)25-13-11-24(12-14-25)16-17-7-3-1-4-8-17/h1-10H,11-14,16H2. The van der Waals surface area contributed by atoms with Crippen molar-refractivity contribution in [2.75, 3.05) is 31.1 Å². The van der Waals surface area contributed by atoms with E-state index >= 15 is 0 Å². The van der Waals surface area contributed by atoms with E-state index < -0.39 is 0 Å². The van der Waals surface area contributed by atoms with Gasteiger partial charge in [-0.15, -0.1) is 0 Å². The summed E-state index contributed by atoms with van der Waals surface area (Å²) >= 11 is 0. The highest BCUT2D eigenvalue weighted by atomic mass is 16.4. The second-order valence-electron chi connectivity index (χ2n) is 6.40. The molecule has 0 atom stereocenters. The van der Waals surface area contributed by atoms with Crippen LogP contribution in [0.25, 0.3) is 11.5 Å². The van der Waals surface area contributed by atoms with Crippen molar-refractivity contribution in [3.8, 4) is 17.5 Å². The van der Waals surface area contributed by atoms with Crippen LogP contribution in [0.2, 0.25) is 0 Å². The Hall–Kier alpha value is -3.10. The molecule has 0 amide bonds. The van der Waals surface area contributed by atoms with E-state index in [0.717, 1.165) is 38.3 Å². The highest BCUT2D eigenvalue weighted by Crippen LogP contribution is 2.28. The maximum absolute atomic E-state index is 9.45. The van der Waals surface area contributed by atoms with E-state index in [2.05, 4.69) is 45.1 Å². The molecule has 0 radical (unpaired) electrons. The first-order valence-electron chi connectivity index (χ1n) is 8.81. The van der Waals surface area contributed by atoms with Gasteiger partial charge in [0, 0.05) is 38.3 Å². The van der Waals surface area contributed by atoms with Gasteiger partial charge in [0.15, 0.2) is 0 Å². The summed E-state index contributed by atoms with van der Waals surface area (Å²) in [4.78, 5) is 8.93. The number of oxazole rings is 1. The zero-order valence-corrected chi connectivity index (χ0v) is 14.5. The number of piperazine rings is 1. The molecule has 5 nitrogen and oxygen atoms in total. The molecule has 2 heterocycles. The summed E-state index contributed by atoms with van der Waals surface area (Å²) in [6, 6.07) is 22.4. The van der Waals surface area contributed by atoms with E-state index in [1.54, 1.807) is 0 Å². The number of aromatic nitrogens is 1. The molecule has 1 fully saturated rings. The molecule has 5 heteroatoms. The Morgan fingerprint density at radius 3 is 2.23 bits per heavy atom. The fourth-order valence-corrected chi connectivity index (χ4v) is 3.25. The molecule has 1 aliphatic heterocycles. The topological polar surface area (TPSA) is 56.3 Å². The number of rotatable bonds is 4. The van der Waals surface area contributed by atoms with Gasteiger partial charge in [-0.25, -0.2) is 0 Å². The van der Waals surface area contributed by atoms with Crippen molar-refractivity contribution in [3.05, 3.63) is 71.9 Å². The summed E-state index contributed by atoms with van der Waals surface area (Å²) < 4.78 is 5.96. The van der Waals surface area contributed by atoms with Gasteiger partial charge in [-0.1, -0.05) is 48.5 Å². The maximum Gasteiger partial charge on any atom is 0.235 e. The van der Waals surface area contributed by atoms with Gasteiger partial charge >= 0.3 is 0 Å². The number of nitriles is 1. The Morgan fingerprint density at radius 1 is 0.923 bits per heavy atom. The predicted molar refractivity (Wildman–Crippen MR) is 101 cm³/mol. The lowest BCUT2D eigenvalue weighted by molar-refractivity contribution is 0.246. The Bertz CT molecular complexity index is 891. The molecule has 1 aliphatic rings. The zero-order valence-electron chi connectivity index (χ0n) is 14.5. The number of hydrogen-bond acceptors (Lipinski definition) is 5. The lowest BCUT2D eigenvalue weighted by Crippen LogP contribution is -2.46.